The van der Waals surface area contributed by atoms with E-state index in [1.54, 1.807) is 36.4 Å². The first kappa shape index (κ1) is 17.4. The smallest absolute Gasteiger partial charge is 0.323 e. The van der Waals surface area contributed by atoms with Crippen LogP contribution in [0.25, 0.3) is 0 Å². The molecule has 26 heavy (non-hydrogen) atoms. The molecule has 0 radical (unpaired) electrons. The van der Waals surface area contributed by atoms with Crippen LogP contribution in [0.4, 0.5) is 16.2 Å². The molecule has 132 valence electrons. The van der Waals surface area contributed by atoms with Gasteiger partial charge in [0.2, 0.25) is 0 Å². The second kappa shape index (κ2) is 8.58. The number of benzene rings is 3. The maximum Gasteiger partial charge on any atom is 0.323 e. The lowest BCUT2D eigenvalue weighted by Crippen LogP contribution is -2.19. The molecule has 5 heteroatoms. The van der Waals surface area contributed by atoms with Gasteiger partial charge in [0.05, 0.1) is 6.61 Å². The zero-order chi connectivity index (χ0) is 18.2. The number of nitrogens with one attached hydrogen (secondary N) is 2. The molecule has 0 atom stereocenters. The summed E-state index contributed by atoms with van der Waals surface area (Å²) in [5, 5.41) is 5.56. The molecule has 0 saturated carbocycles. The standard InChI is InChI=1S/C21H20N2O3/c1-2-25-18-12-8-16(9-13-18)22-21(24)23-17-10-14-20(15-11-17)26-19-6-4-3-5-7-19/h3-15H,2H2,1H3,(H2,22,23,24). The summed E-state index contributed by atoms with van der Waals surface area (Å²) < 4.78 is 11.1. The minimum absolute atomic E-state index is 0.314. The average molecular weight is 348 g/mol. The maximum atomic E-state index is 12.1. The van der Waals surface area contributed by atoms with Crippen molar-refractivity contribution in [1.82, 2.24) is 0 Å². The van der Waals surface area contributed by atoms with Crippen LogP contribution in [0.1, 0.15) is 6.92 Å². The largest absolute Gasteiger partial charge is 0.494 e. The number of hydrogen-bond donors (Lipinski definition) is 2. The van der Waals surface area contributed by atoms with Crippen LogP contribution in [0.2, 0.25) is 0 Å². The normalized spacial score (nSPS) is 10.0. The fourth-order valence-corrected chi connectivity index (χ4v) is 2.33. The fraction of sp³-hybridized carbons (Fsp3) is 0.0952. The number of para-hydroxylation sites is 1. The van der Waals surface area contributed by atoms with Gasteiger partial charge < -0.3 is 20.1 Å². The van der Waals surface area contributed by atoms with Crippen molar-refractivity contribution < 1.29 is 14.3 Å². The molecule has 5 nitrogen and oxygen atoms in total. The lowest BCUT2D eigenvalue weighted by atomic mass is 10.3. The SMILES string of the molecule is CCOc1ccc(NC(=O)Nc2ccc(Oc3ccccc3)cc2)cc1. The summed E-state index contributed by atoms with van der Waals surface area (Å²) in [5.41, 5.74) is 1.36. The van der Waals surface area contributed by atoms with Crippen molar-refractivity contribution in [2.24, 2.45) is 0 Å². The van der Waals surface area contributed by atoms with Gasteiger partial charge in [-0.3, -0.25) is 0 Å². The van der Waals surface area contributed by atoms with E-state index in [-0.39, 0.29) is 6.03 Å². The van der Waals surface area contributed by atoms with Gasteiger partial charge in [-0.15, -0.1) is 0 Å². The van der Waals surface area contributed by atoms with E-state index >= 15 is 0 Å². The molecule has 0 heterocycles. The molecule has 0 aromatic heterocycles. The minimum Gasteiger partial charge on any atom is -0.494 e. The highest BCUT2D eigenvalue weighted by Crippen LogP contribution is 2.23. The van der Waals surface area contributed by atoms with Crippen LogP contribution in [-0.4, -0.2) is 12.6 Å². The molecule has 0 aliphatic rings. The topological polar surface area (TPSA) is 59.6 Å². The minimum atomic E-state index is -0.314. The molecule has 0 aliphatic carbocycles. The van der Waals surface area contributed by atoms with Crippen molar-refractivity contribution in [2.75, 3.05) is 17.2 Å². The van der Waals surface area contributed by atoms with Crippen LogP contribution in [0.3, 0.4) is 0 Å². The van der Waals surface area contributed by atoms with Crippen LogP contribution in [0.5, 0.6) is 17.2 Å². The molecule has 2 amide bonds. The van der Waals surface area contributed by atoms with E-state index in [0.29, 0.717) is 23.7 Å². The number of amides is 2. The molecule has 0 aliphatic heterocycles. The molecule has 0 saturated heterocycles. The third kappa shape index (κ3) is 5.01. The first-order valence-corrected chi connectivity index (χ1v) is 8.37. The number of rotatable bonds is 6. The summed E-state index contributed by atoms with van der Waals surface area (Å²) in [6.07, 6.45) is 0. The van der Waals surface area contributed by atoms with Gasteiger partial charge in [0.25, 0.3) is 0 Å². The lowest BCUT2D eigenvalue weighted by Gasteiger charge is -2.10. The Labute approximate surface area is 152 Å². The Morgan fingerprint density at radius 1 is 0.731 bits per heavy atom. The van der Waals surface area contributed by atoms with E-state index in [0.717, 1.165) is 11.5 Å². The zero-order valence-electron chi connectivity index (χ0n) is 14.4. The Hall–Kier alpha value is -3.47. The Balaban J connectivity index is 1.54. The molecule has 2 N–H and O–H groups in total. The third-order valence-corrected chi connectivity index (χ3v) is 3.51. The van der Waals surface area contributed by atoms with Crippen molar-refractivity contribution >= 4 is 17.4 Å². The van der Waals surface area contributed by atoms with E-state index in [2.05, 4.69) is 10.6 Å². The zero-order valence-corrected chi connectivity index (χ0v) is 14.4. The van der Waals surface area contributed by atoms with Gasteiger partial charge in [-0.1, -0.05) is 18.2 Å². The summed E-state index contributed by atoms with van der Waals surface area (Å²) >= 11 is 0. The fourth-order valence-electron chi connectivity index (χ4n) is 2.33. The quantitative estimate of drug-likeness (QED) is 0.616. The van der Waals surface area contributed by atoms with Gasteiger partial charge in [0.15, 0.2) is 0 Å². The monoisotopic (exact) mass is 348 g/mol. The maximum absolute atomic E-state index is 12.1. The van der Waals surface area contributed by atoms with Crippen LogP contribution < -0.4 is 20.1 Å². The Morgan fingerprint density at radius 2 is 1.23 bits per heavy atom. The number of anilines is 2. The summed E-state index contributed by atoms with van der Waals surface area (Å²) in [4.78, 5) is 12.1. The van der Waals surface area contributed by atoms with Gasteiger partial charge in [0, 0.05) is 11.4 Å². The molecule has 0 bridgehead atoms. The molecule has 3 aromatic carbocycles. The van der Waals surface area contributed by atoms with Crippen molar-refractivity contribution in [2.45, 2.75) is 6.92 Å². The van der Waals surface area contributed by atoms with Crippen molar-refractivity contribution in [1.29, 1.82) is 0 Å². The van der Waals surface area contributed by atoms with Crippen LogP contribution in [-0.2, 0) is 0 Å². The molecule has 0 spiro atoms. The van der Waals surface area contributed by atoms with Crippen LogP contribution in [0.15, 0.2) is 78.9 Å². The van der Waals surface area contributed by atoms with E-state index < -0.39 is 0 Å². The first-order valence-electron chi connectivity index (χ1n) is 8.37. The summed E-state index contributed by atoms with van der Waals surface area (Å²) in [6, 6.07) is 23.6. The second-order valence-corrected chi connectivity index (χ2v) is 5.48. The Bertz CT molecular complexity index is 831. The first-order chi connectivity index (χ1) is 12.7. The van der Waals surface area contributed by atoms with Gasteiger partial charge >= 0.3 is 6.03 Å². The predicted molar refractivity (Wildman–Crippen MR) is 103 cm³/mol. The molecule has 3 aromatic rings. The lowest BCUT2D eigenvalue weighted by molar-refractivity contribution is 0.262. The van der Waals surface area contributed by atoms with Gasteiger partial charge in [-0.05, 0) is 67.6 Å². The number of hydrogen-bond acceptors (Lipinski definition) is 3. The molecular formula is C21H20N2O3. The van der Waals surface area contributed by atoms with Crippen molar-refractivity contribution in [3.05, 3.63) is 78.9 Å². The van der Waals surface area contributed by atoms with Crippen molar-refractivity contribution in [3.8, 4) is 17.2 Å². The van der Waals surface area contributed by atoms with Crippen molar-refractivity contribution in [3.63, 3.8) is 0 Å². The number of carbonyl (C=O) groups is 1. The third-order valence-electron chi connectivity index (χ3n) is 3.51. The number of carbonyl (C=O) groups excluding carboxylic acids is 1. The van der Waals surface area contributed by atoms with Gasteiger partial charge in [-0.25, -0.2) is 4.79 Å². The highest BCUT2D eigenvalue weighted by Gasteiger charge is 2.04. The highest BCUT2D eigenvalue weighted by atomic mass is 16.5. The van der Waals surface area contributed by atoms with Gasteiger partial charge in [-0.2, -0.15) is 0 Å². The second-order valence-electron chi connectivity index (χ2n) is 5.48. The average Bonchev–Trinajstić information content (AvgIpc) is 2.66. The summed E-state index contributed by atoms with van der Waals surface area (Å²) in [6.45, 7) is 2.53. The highest BCUT2D eigenvalue weighted by molar-refractivity contribution is 5.99. The predicted octanol–water partition coefficient (Wildman–Crippen LogP) is 5.52. The van der Waals surface area contributed by atoms with E-state index in [1.165, 1.54) is 0 Å². The summed E-state index contributed by atoms with van der Waals surface area (Å²) in [5.74, 6) is 2.24. The molecule has 0 fully saturated rings. The van der Waals surface area contributed by atoms with Crippen LogP contribution >= 0.6 is 0 Å². The Morgan fingerprint density at radius 3 is 1.77 bits per heavy atom. The van der Waals surface area contributed by atoms with Crippen LogP contribution in [0, 0.1) is 0 Å². The number of ether oxygens (including phenoxy) is 2. The van der Waals surface area contributed by atoms with E-state index in [9.17, 15) is 4.79 Å². The molecule has 3 rings (SSSR count). The van der Waals surface area contributed by atoms with Gasteiger partial charge in [0.1, 0.15) is 17.2 Å². The van der Waals surface area contributed by atoms with E-state index in [4.69, 9.17) is 9.47 Å². The summed E-state index contributed by atoms with van der Waals surface area (Å²) in [7, 11) is 0. The number of urea groups is 1. The Kier molecular flexibility index (Phi) is 5.72. The molecular weight excluding hydrogens is 328 g/mol. The van der Waals surface area contributed by atoms with E-state index in [1.807, 2.05) is 49.4 Å². The molecule has 0 unspecified atom stereocenters.